The SMILES string of the molecule is CCc1ccc(CC)[cH-]1.C[Si](C)=[Ti+2].[Cl-].[Cl-].[c-]1cccc2c1Cc1ccccc1-2. The summed E-state index contributed by atoms with van der Waals surface area (Å²) in [5, 5.41) is 0. The maximum absolute atomic E-state index is 3.30. The molecule has 4 heteroatoms. The third kappa shape index (κ3) is 8.35. The number of aryl methyl sites for hydroxylation is 2. The van der Waals surface area contributed by atoms with E-state index in [4.69, 9.17) is 0 Å². The molecule has 0 saturated carbocycles. The molecular weight excluding hydrogens is 435 g/mol. The van der Waals surface area contributed by atoms with Crippen molar-refractivity contribution in [2.75, 3.05) is 0 Å². The zero-order valence-electron chi connectivity index (χ0n) is 17.2. The summed E-state index contributed by atoms with van der Waals surface area (Å²) in [6.45, 7) is 8.92. The maximum Gasteiger partial charge on any atom is -0.0253 e. The topological polar surface area (TPSA) is 0 Å². The molecule has 1 aliphatic carbocycles. The van der Waals surface area contributed by atoms with Gasteiger partial charge in [0, 0.05) is 0 Å². The molecule has 0 aromatic heterocycles. The van der Waals surface area contributed by atoms with Crippen molar-refractivity contribution < 1.29 is 44.0 Å². The van der Waals surface area contributed by atoms with Gasteiger partial charge in [-0.15, -0.1) is 5.56 Å². The second kappa shape index (κ2) is 14.3. The Labute approximate surface area is 195 Å². The van der Waals surface area contributed by atoms with Crippen molar-refractivity contribution in [3.05, 3.63) is 89.0 Å². The van der Waals surface area contributed by atoms with Crippen molar-refractivity contribution in [1.82, 2.24) is 0 Å². The molecule has 0 unspecified atom stereocenters. The van der Waals surface area contributed by atoms with Gasteiger partial charge in [-0.1, -0.05) is 62.1 Å². The zero-order valence-corrected chi connectivity index (χ0v) is 21.2. The Kier molecular flexibility index (Phi) is 14.0. The van der Waals surface area contributed by atoms with Gasteiger partial charge < -0.3 is 24.8 Å². The van der Waals surface area contributed by atoms with Gasteiger partial charge in [-0.2, -0.15) is 47.0 Å². The van der Waals surface area contributed by atoms with Crippen LogP contribution >= 0.6 is 0 Å². The zero-order chi connectivity index (χ0) is 18.9. The molecule has 0 fully saturated rings. The molecular formula is C24H28Cl2SiTi-2. The molecule has 0 spiro atoms. The van der Waals surface area contributed by atoms with E-state index in [-0.39, 0.29) is 31.0 Å². The molecule has 4 rings (SSSR count). The van der Waals surface area contributed by atoms with E-state index in [1.807, 2.05) is 6.07 Å². The van der Waals surface area contributed by atoms with Crippen LogP contribution in [0.25, 0.3) is 11.1 Å². The number of halogens is 2. The first-order valence-electron chi connectivity index (χ1n) is 9.39. The molecule has 0 nitrogen and oxygen atoms in total. The van der Waals surface area contributed by atoms with Gasteiger partial charge in [0.15, 0.2) is 0 Å². The third-order valence-corrected chi connectivity index (χ3v) is 4.32. The van der Waals surface area contributed by atoms with Crippen LogP contribution in [-0.2, 0) is 38.4 Å². The predicted octanol–water partition coefficient (Wildman–Crippen LogP) is 0.381. The minimum atomic E-state index is 0. The van der Waals surface area contributed by atoms with Crippen molar-refractivity contribution in [3.63, 3.8) is 0 Å². The van der Waals surface area contributed by atoms with Crippen LogP contribution in [0.4, 0.5) is 0 Å². The van der Waals surface area contributed by atoms with Gasteiger partial charge in [0.25, 0.3) is 0 Å². The van der Waals surface area contributed by atoms with Gasteiger partial charge in [-0.25, -0.2) is 12.1 Å². The molecule has 1 aliphatic rings. The standard InChI is InChI=1S/C13H9.C9H13.C2H6Si.2ClH.Ti/c1-3-7-12-10(5-1)9-11-6-2-4-8-13(11)12;1-3-8-5-6-9(4-2)7-8;1-3-2;;;/h1-5,7-8H,9H2;5-7H,3-4H2,1-2H3;1-2H3;2*1H;/q2*-1;;;;+2/p-2. The fourth-order valence-corrected chi connectivity index (χ4v) is 2.99. The van der Waals surface area contributed by atoms with E-state index >= 15 is 0 Å². The first-order chi connectivity index (χ1) is 12.5. The van der Waals surface area contributed by atoms with Gasteiger partial charge in [-0.05, 0) is 6.42 Å². The van der Waals surface area contributed by atoms with Crippen LogP contribution < -0.4 is 24.8 Å². The fourth-order valence-electron chi connectivity index (χ4n) is 2.99. The van der Waals surface area contributed by atoms with Crippen LogP contribution in [0.15, 0.2) is 60.7 Å². The van der Waals surface area contributed by atoms with Crippen LogP contribution in [0.1, 0.15) is 36.1 Å². The molecule has 0 atom stereocenters. The van der Waals surface area contributed by atoms with Crippen molar-refractivity contribution in [2.24, 2.45) is 0 Å². The Bertz CT molecular complexity index is 789. The Morgan fingerprint density at radius 1 is 0.893 bits per heavy atom. The molecule has 3 aromatic carbocycles. The molecule has 0 saturated heterocycles. The Morgan fingerprint density at radius 2 is 1.43 bits per heavy atom. The molecule has 3 aromatic rings. The summed E-state index contributed by atoms with van der Waals surface area (Å²) in [7, 11) is 0. The van der Waals surface area contributed by atoms with E-state index in [0.717, 1.165) is 6.42 Å². The summed E-state index contributed by atoms with van der Waals surface area (Å²) in [4.78, 5) is 0. The van der Waals surface area contributed by atoms with Crippen LogP contribution in [0.2, 0.25) is 13.1 Å². The number of rotatable bonds is 2. The molecule has 0 aliphatic heterocycles. The molecule has 0 radical (unpaired) electrons. The third-order valence-electron chi connectivity index (χ3n) is 4.32. The van der Waals surface area contributed by atoms with Gasteiger partial charge in [0.2, 0.25) is 0 Å². The number of hydrogen-bond acceptors (Lipinski definition) is 0. The Hall–Kier alpha value is -0.699. The second-order valence-corrected chi connectivity index (χ2v) is 13.4. The average Bonchev–Trinajstić information content (AvgIpc) is 3.26. The van der Waals surface area contributed by atoms with Crippen molar-refractivity contribution in [1.29, 1.82) is 0 Å². The predicted molar refractivity (Wildman–Crippen MR) is 112 cm³/mol. The normalized spacial score (nSPS) is 9.93. The van der Waals surface area contributed by atoms with E-state index in [9.17, 15) is 0 Å². The fraction of sp³-hybridized carbons (Fsp3) is 0.292. The minimum Gasteiger partial charge on any atom is -1.00 e. The van der Waals surface area contributed by atoms with Crippen molar-refractivity contribution in [2.45, 2.75) is 46.2 Å². The second-order valence-electron chi connectivity index (χ2n) is 6.73. The summed E-state index contributed by atoms with van der Waals surface area (Å²) in [5.74, 6) is 0. The molecule has 0 amide bonds. The van der Waals surface area contributed by atoms with E-state index in [1.165, 1.54) is 46.2 Å². The van der Waals surface area contributed by atoms with Crippen molar-refractivity contribution in [3.8, 4) is 11.1 Å². The van der Waals surface area contributed by atoms with Crippen LogP contribution in [0.5, 0.6) is 0 Å². The Balaban J connectivity index is 0.000000432. The first-order valence-corrected chi connectivity index (χ1v) is 14.2. The van der Waals surface area contributed by atoms with Gasteiger partial charge in [0.1, 0.15) is 0 Å². The van der Waals surface area contributed by atoms with Gasteiger partial charge in [0.05, 0.1) is 0 Å². The number of benzene rings is 2. The quantitative estimate of drug-likeness (QED) is 0.298. The number of hydrogen-bond donors (Lipinski definition) is 0. The molecule has 0 N–H and O–H groups in total. The molecule has 0 bridgehead atoms. The largest absolute Gasteiger partial charge is 1.00 e. The summed E-state index contributed by atoms with van der Waals surface area (Å²) < 4.78 is 0. The smallest absolute Gasteiger partial charge is 0.0253 e. The monoisotopic (exact) mass is 462 g/mol. The summed E-state index contributed by atoms with van der Waals surface area (Å²) >= 11 is 2.27. The molecule has 148 valence electrons. The summed E-state index contributed by atoms with van der Waals surface area (Å²) in [6, 6.07) is 24.8. The summed E-state index contributed by atoms with van der Waals surface area (Å²) in [6.07, 6.45) is 3.50. The number of fused-ring (bicyclic) bond motifs is 3. The summed E-state index contributed by atoms with van der Waals surface area (Å²) in [5.41, 5.74) is 8.44. The maximum atomic E-state index is 3.30. The van der Waals surface area contributed by atoms with Crippen LogP contribution in [-0.4, -0.2) is 6.19 Å². The van der Waals surface area contributed by atoms with Crippen molar-refractivity contribution >= 4 is 6.19 Å². The minimum absolute atomic E-state index is 0. The van der Waals surface area contributed by atoms with E-state index in [0.29, 0.717) is 0 Å². The molecule has 0 heterocycles. The van der Waals surface area contributed by atoms with Crippen LogP contribution in [0.3, 0.4) is 0 Å². The van der Waals surface area contributed by atoms with E-state index in [2.05, 4.69) is 107 Å². The van der Waals surface area contributed by atoms with Gasteiger partial charge in [-0.3, -0.25) is 0 Å². The van der Waals surface area contributed by atoms with Gasteiger partial charge >= 0.3 is 38.5 Å². The van der Waals surface area contributed by atoms with Crippen LogP contribution in [0, 0.1) is 6.07 Å². The first kappa shape index (κ1) is 27.3. The average molecular weight is 463 g/mol. The van der Waals surface area contributed by atoms with E-state index < -0.39 is 0 Å². The van der Waals surface area contributed by atoms with E-state index in [1.54, 1.807) is 0 Å². The molecule has 28 heavy (non-hydrogen) atoms. The Morgan fingerprint density at radius 3 is 1.96 bits per heavy atom.